The van der Waals surface area contributed by atoms with E-state index in [0.29, 0.717) is 18.8 Å². The number of hydrogen-bond acceptors (Lipinski definition) is 4. The third-order valence-electron chi connectivity index (χ3n) is 8.01. The van der Waals surface area contributed by atoms with E-state index < -0.39 is 0 Å². The Morgan fingerprint density at radius 1 is 1.03 bits per heavy atom. The van der Waals surface area contributed by atoms with Crippen LogP contribution in [0, 0.1) is 5.92 Å². The second kappa shape index (κ2) is 11.7. The molecule has 39 heavy (non-hydrogen) atoms. The molecule has 1 N–H and O–H groups in total. The van der Waals surface area contributed by atoms with Crippen LogP contribution in [0.1, 0.15) is 35.5 Å². The van der Waals surface area contributed by atoms with Gasteiger partial charge < -0.3 is 19.3 Å². The fourth-order valence-corrected chi connectivity index (χ4v) is 5.79. The molecule has 0 unspecified atom stereocenters. The van der Waals surface area contributed by atoms with Gasteiger partial charge in [-0.1, -0.05) is 79.7 Å². The summed E-state index contributed by atoms with van der Waals surface area (Å²) in [6.07, 6.45) is -0.106. The van der Waals surface area contributed by atoms with Crippen molar-refractivity contribution in [2.45, 2.75) is 39.1 Å². The van der Waals surface area contributed by atoms with Gasteiger partial charge in [-0.15, -0.1) is 0 Å². The fourth-order valence-electron chi connectivity index (χ4n) is 5.79. The summed E-state index contributed by atoms with van der Waals surface area (Å²) in [5, 5.41) is 11.2. The molecule has 6 heteroatoms. The van der Waals surface area contributed by atoms with Gasteiger partial charge in [0.15, 0.2) is 0 Å². The van der Waals surface area contributed by atoms with E-state index in [9.17, 15) is 9.90 Å². The molecule has 1 aliphatic rings. The zero-order chi connectivity index (χ0) is 27.5. The van der Waals surface area contributed by atoms with E-state index in [-0.39, 0.29) is 30.6 Å². The van der Waals surface area contributed by atoms with Crippen molar-refractivity contribution in [1.82, 2.24) is 14.4 Å². The van der Waals surface area contributed by atoms with Crippen LogP contribution in [0.25, 0.3) is 22.0 Å². The van der Waals surface area contributed by atoms with Crippen LogP contribution in [-0.4, -0.2) is 64.3 Å². The summed E-state index contributed by atoms with van der Waals surface area (Å²) >= 11 is 0. The van der Waals surface area contributed by atoms with Gasteiger partial charge in [-0.2, -0.15) is 0 Å². The highest BCUT2D eigenvalue weighted by molar-refractivity contribution is 6.10. The van der Waals surface area contributed by atoms with Crippen LogP contribution in [0.5, 0.6) is 0 Å². The lowest BCUT2D eigenvalue weighted by molar-refractivity contribution is -0.0242. The van der Waals surface area contributed by atoms with Crippen LogP contribution in [0.3, 0.4) is 0 Å². The Hall–Kier alpha value is -3.45. The van der Waals surface area contributed by atoms with E-state index in [1.54, 1.807) is 0 Å². The van der Waals surface area contributed by atoms with Gasteiger partial charge in [-0.3, -0.25) is 9.69 Å². The lowest BCUT2D eigenvalue weighted by atomic mass is 9.96. The van der Waals surface area contributed by atoms with Gasteiger partial charge in [0.05, 0.1) is 25.4 Å². The highest BCUT2D eigenvalue weighted by atomic mass is 16.5. The van der Waals surface area contributed by atoms with E-state index in [4.69, 9.17) is 4.74 Å². The van der Waals surface area contributed by atoms with Crippen molar-refractivity contribution in [3.8, 4) is 11.1 Å². The monoisotopic (exact) mass is 525 g/mol. The van der Waals surface area contributed by atoms with E-state index in [0.717, 1.165) is 40.7 Å². The molecule has 0 aliphatic carbocycles. The number of aryl methyl sites for hydroxylation is 1. The van der Waals surface area contributed by atoms with Gasteiger partial charge >= 0.3 is 0 Å². The number of hydrogen-bond donors (Lipinski definition) is 1. The van der Waals surface area contributed by atoms with E-state index >= 15 is 0 Å². The van der Waals surface area contributed by atoms with Crippen molar-refractivity contribution < 1.29 is 14.6 Å². The van der Waals surface area contributed by atoms with Crippen LogP contribution in [0.2, 0.25) is 0 Å². The summed E-state index contributed by atoms with van der Waals surface area (Å²) in [5.41, 5.74) is 5.92. The molecular weight excluding hydrogens is 486 g/mol. The molecule has 0 bridgehead atoms. The van der Waals surface area contributed by atoms with Gasteiger partial charge in [-0.05, 0) is 36.7 Å². The summed E-state index contributed by atoms with van der Waals surface area (Å²) in [4.78, 5) is 18.5. The maximum absolute atomic E-state index is 14.4. The second-order valence-corrected chi connectivity index (χ2v) is 11.0. The average molecular weight is 526 g/mol. The molecular formula is C33H39N3O3. The Balaban J connectivity index is 1.58. The molecule has 0 radical (unpaired) electrons. The standard InChI is InChI=1S/C33H39N3O3/c1-23-18-36(24(2)21-37)33(38)32-31(28-16-10-11-17-29(28)35(32)4)27-15-9-8-14-26(27)22-39-30(23)20-34(3)19-25-12-6-5-7-13-25/h5-17,23-24,30,37H,18-22H2,1-4H3/t23-,24-,30+/m1/s1. The number of benzene rings is 3. The summed E-state index contributed by atoms with van der Waals surface area (Å²) in [6.45, 7) is 6.45. The van der Waals surface area contributed by atoms with E-state index in [1.807, 2.05) is 53.8 Å². The Morgan fingerprint density at radius 2 is 1.72 bits per heavy atom. The molecule has 5 rings (SSSR count). The van der Waals surface area contributed by atoms with Crippen molar-refractivity contribution in [1.29, 1.82) is 0 Å². The maximum Gasteiger partial charge on any atom is 0.271 e. The minimum atomic E-state index is -0.329. The quantitative estimate of drug-likeness (QED) is 0.370. The number of aliphatic hydroxyl groups excluding tert-OH is 1. The van der Waals surface area contributed by atoms with E-state index in [1.165, 1.54) is 5.56 Å². The zero-order valence-electron chi connectivity index (χ0n) is 23.4. The summed E-state index contributed by atoms with van der Waals surface area (Å²) in [6, 6.07) is 26.5. The molecule has 0 saturated carbocycles. The predicted molar refractivity (Wildman–Crippen MR) is 156 cm³/mol. The SMILES string of the molecule is C[C@@H]1CN([C@H](C)CO)C(=O)c2c(c3ccccc3n2C)-c2ccccc2CO[C@H]1CN(C)Cc1ccccc1. The van der Waals surface area contributed by atoms with Gasteiger partial charge in [0.2, 0.25) is 0 Å². The zero-order valence-corrected chi connectivity index (χ0v) is 23.4. The average Bonchev–Trinajstić information content (AvgIpc) is 3.24. The number of aromatic nitrogens is 1. The van der Waals surface area contributed by atoms with Gasteiger partial charge in [0.25, 0.3) is 5.91 Å². The summed E-state index contributed by atoms with van der Waals surface area (Å²) < 4.78 is 8.71. The van der Waals surface area contributed by atoms with Crippen molar-refractivity contribution in [2.75, 3.05) is 26.7 Å². The number of amides is 1. The first kappa shape index (κ1) is 27.1. The Kier molecular flexibility index (Phi) is 8.17. The number of ether oxygens (including phenoxy) is 1. The normalized spacial score (nSPS) is 19.0. The van der Waals surface area contributed by atoms with Crippen molar-refractivity contribution in [2.24, 2.45) is 13.0 Å². The first-order chi connectivity index (χ1) is 18.9. The van der Waals surface area contributed by atoms with Gasteiger partial charge in [0, 0.05) is 49.1 Å². The molecule has 0 spiro atoms. The van der Waals surface area contributed by atoms with Crippen LogP contribution in [0.4, 0.5) is 0 Å². The highest BCUT2D eigenvalue weighted by Gasteiger charge is 2.33. The topological polar surface area (TPSA) is 57.9 Å². The number of rotatable bonds is 6. The van der Waals surface area contributed by atoms with Crippen LogP contribution < -0.4 is 0 Å². The van der Waals surface area contributed by atoms with Crippen LogP contribution >= 0.6 is 0 Å². The highest BCUT2D eigenvalue weighted by Crippen LogP contribution is 2.38. The molecule has 2 heterocycles. The minimum absolute atomic E-state index is 0.0459. The number of carbonyl (C=O) groups is 1. The molecule has 1 aromatic heterocycles. The molecule has 0 fully saturated rings. The molecule has 3 atom stereocenters. The van der Waals surface area contributed by atoms with Crippen LogP contribution in [0.15, 0.2) is 78.9 Å². The molecule has 1 amide bonds. The molecule has 3 aromatic carbocycles. The molecule has 1 aliphatic heterocycles. The first-order valence-corrected chi connectivity index (χ1v) is 13.8. The lowest BCUT2D eigenvalue weighted by Gasteiger charge is -2.35. The second-order valence-electron chi connectivity index (χ2n) is 11.0. The smallest absolute Gasteiger partial charge is 0.271 e. The number of aliphatic hydroxyl groups is 1. The molecule has 4 aromatic rings. The maximum atomic E-state index is 14.4. The van der Waals surface area contributed by atoms with Crippen molar-refractivity contribution >= 4 is 16.8 Å². The lowest BCUT2D eigenvalue weighted by Crippen LogP contribution is -2.47. The summed E-state index contributed by atoms with van der Waals surface area (Å²) in [7, 11) is 4.08. The summed E-state index contributed by atoms with van der Waals surface area (Å²) in [5.74, 6) is -0.0187. The third kappa shape index (κ3) is 5.50. The van der Waals surface area contributed by atoms with Gasteiger partial charge in [-0.25, -0.2) is 0 Å². The predicted octanol–water partition coefficient (Wildman–Crippen LogP) is 5.34. The number of likely N-dealkylation sites (N-methyl/N-ethyl adjacent to an activating group) is 1. The van der Waals surface area contributed by atoms with Crippen molar-refractivity contribution in [3.63, 3.8) is 0 Å². The number of fused-ring (bicyclic) bond motifs is 5. The number of carbonyl (C=O) groups excluding carboxylic acids is 1. The first-order valence-electron chi connectivity index (χ1n) is 13.8. The van der Waals surface area contributed by atoms with Gasteiger partial charge in [0.1, 0.15) is 5.69 Å². The number of nitrogens with zero attached hydrogens (tertiary/aromatic N) is 3. The third-order valence-corrected chi connectivity index (χ3v) is 8.01. The van der Waals surface area contributed by atoms with E-state index in [2.05, 4.69) is 67.4 Å². The Bertz CT molecular complexity index is 1430. The number of para-hydroxylation sites is 1. The van der Waals surface area contributed by atoms with Crippen molar-refractivity contribution in [3.05, 3.63) is 95.7 Å². The minimum Gasteiger partial charge on any atom is -0.394 e. The van der Waals surface area contributed by atoms with Crippen LogP contribution in [-0.2, 0) is 24.9 Å². The largest absolute Gasteiger partial charge is 0.394 e. The molecule has 204 valence electrons. The Labute approximate surface area is 231 Å². The fraction of sp³-hybridized carbons (Fsp3) is 0.364. The molecule has 6 nitrogen and oxygen atoms in total. The Morgan fingerprint density at radius 3 is 2.49 bits per heavy atom. The molecule has 0 saturated heterocycles.